The number of nitrogens with one attached hydrogen (secondary N) is 1. The molecule has 0 unspecified atom stereocenters. The van der Waals surface area contributed by atoms with Crippen molar-refractivity contribution in [2.24, 2.45) is 5.92 Å². The number of carbonyl (C=O) groups is 2. The third kappa shape index (κ3) is 4.94. The first kappa shape index (κ1) is 22.3. The molecule has 0 bridgehead atoms. The van der Waals surface area contributed by atoms with E-state index in [0.717, 1.165) is 43.2 Å². The van der Waals surface area contributed by atoms with Gasteiger partial charge >= 0.3 is 5.97 Å². The normalized spacial score (nSPS) is 15.1. The zero-order valence-corrected chi connectivity index (χ0v) is 19.5. The number of anilines is 1. The van der Waals surface area contributed by atoms with Gasteiger partial charge in [-0.1, -0.05) is 55.5 Å². The molecule has 0 fully saturated rings. The minimum absolute atomic E-state index is 0.175. The molecule has 4 rings (SSSR count). The Morgan fingerprint density at radius 2 is 1.81 bits per heavy atom. The van der Waals surface area contributed by atoms with Crippen molar-refractivity contribution in [3.05, 3.63) is 87.3 Å². The summed E-state index contributed by atoms with van der Waals surface area (Å²) in [4.78, 5) is 27.3. The van der Waals surface area contributed by atoms with Gasteiger partial charge in [0.1, 0.15) is 5.00 Å². The number of carbonyl (C=O) groups excluding carboxylic acids is 2. The summed E-state index contributed by atoms with van der Waals surface area (Å²) in [6.07, 6.45) is 4.48. The average molecular weight is 448 g/mol. The van der Waals surface area contributed by atoms with Crippen molar-refractivity contribution in [2.45, 2.75) is 46.0 Å². The second-order valence-corrected chi connectivity index (χ2v) is 9.48. The van der Waals surface area contributed by atoms with Crippen LogP contribution in [-0.4, -0.2) is 18.5 Å². The molecule has 0 spiro atoms. The number of amides is 1. The van der Waals surface area contributed by atoms with Crippen LogP contribution in [0.5, 0.6) is 0 Å². The van der Waals surface area contributed by atoms with Crippen LogP contribution in [-0.2, 0) is 30.4 Å². The highest BCUT2D eigenvalue weighted by molar-refractivity contribution is 7.17. The van der Waals surface area contributed by atoms with Crippen LogP contribution in [0.15, 0.2) is 54.6 Å². The molecule has 3 aromatic rings. The second kappa shape index (κ2) is 10.1. The fourth-order valence-corrected chi connectivity index (χ4v) is 5.71. The van der Waals surface area contributed by atoms with Crippen molar-refractivity contribution in [3.8, 4) is 0 Å². The minimum Gasteiger partial charge on any atom is -0.462 e. The lowest BCUT2D eigenvalue weighted by molar-refractivity contribution is 0.0526. The Bertz CT molecular complexity index is 1100. The van der Waals surface area contributed by atoms with Crippen LogP contribution in [0, 0.1) is 5.92 Å². The maximum atomic E-state index is 13.3. The molecule has 1 aromatic heterocycles. The standard InChI is InChI=1S/C27H29NO3S/c1-3-31-27(30)24-22-16-13-18(2)17-23(22)32-26(24)28-25(29)21-12-8-7-11-20(21)15-14-19-9-5-4-6-10-19/h4-12,18H,3,13-17H2,1-2H3,(H,28,29)/t18-/m1/s1. The molecule has 1 heterocycles. The molecule has 0 radical (unpaired) electrons. The highest BCUT2D eigenvalue weighted by Crippen LogP contribution is 2.40. The van der Waals surface area contributed by atoms with Crippen molar-refractivity contribution in [1.82, 2.24) is 0 Å². The van der Waals surface area contributed by atoms with E-state index in [1.165, 1.54) is 21.8 Å². The topological polar surface area (TPSA) is 55.4 Å². The predicted molar refractivity (Wildman–Crippen MR) is 130 cm³/mol. The van der Waals surface area contributed by atoms with E-state index in [1.54, 1.807) is 6.92 Å². The molecule has 2 aromatic carbocycles. The number of hydrogen-bond donors (Lipinski definition) is 1. The van der Waals surface area contributed by atoms with E-state index in [9.17, 15) is 9.59 Å². The smallest absolute Gasteiger partial charge is 0.341 e. The molecule has 166 valence electrons. The Hall–Kier alpha value is -2.92. The predicted octanol–water partition coefficient (Wildman–Crippen LogP) is 6.09. The minimum atomic E-state index is -0.341. The number of benzene rings is 2. The van der Waals surface area contributed by atoms with E-state index in [2.05, 4.69) is 24.4 Å². The molecule has 0 saturated heterocycles. The van der Waals surface area contributed by atoms with Gasteiger partial charge in [-0.05, 0) is 67.7 Å². The molecule has 1 aliphatic rings. The summed E-state index contributed by atoms with van der Waals surface area (Å²) in [5, 5.41) is 3.67. The molecule has 1 aliphatic carbocycles. The van der Waals surface area contributed by atoms with Crippen LogP contribution in [0.4, 0.5) is 5.00 Å². The summed E-state index contributed by atoms with van der Waals surface area (Å²) in [5.41, 5.74) is 4.50. The maximum absolute atomic E-state index is 13.3. The summed E-state index contributed by atoms with van der Waals surface area (Å²) in [6, 6.07) is 18.0. The number of hydrogen-bond acceptors (Lipinski definition) is 4. The zero-order chi connectivity index (χ0) is 22.5. The van der Waals surface area contributed by atoms with E-state index in [1.807, 2.05) is 42.5 Å². The Kier molecular flexibility index (Phi) is 7.05. The van der Waals surface area contributed by atoms with Crippen LogP contribution >= 0.6 is 11.3 Å². The van der Waals surface area contributed by atoms with E-state index in [4.69, 9.17) is 4.74 Å². The first-order valence-electron chi connectivity index (χ1n) is 11.3. The Morgan fingerprint density at radius 3 is 2.59 bits per heavy atom. The number of esters is 1. The summed E-state index contributed by atoms with van der Waals surface area (Å²) >= 11 is 1.53. The molecule has 4 nitrogen and oxygen atoms in total. The number of rotatable bonds is 7. The van der Waals surface area contributed by atoms with Gasteiger partial charge in [0.05, 0.1) is 12.2 Å². The molecule has 5 heteroatoms. The SMILES string of the molecule is CCOC(=O)c1c(NC(=O)c2ccccc2CCc2ccccc2)sc2c1CC[C@@H](C)C2. The molecular formula is C27H29NO3S. The van der Waals surface area contributed by atoms with Gasteiger partial charge in [0, 0.05) is 10.4 Å². The van der Waals surface area contributed by atoms with Crippen molar-refractivity contribution in [3.63, 3.8) is 0 Å². The van der Waals surface area contributed by atoms with Crippen molar-refractivity contribution in [1.29, 1.82) is 0 Å². The second-order valence-electron chi connectivity index (χ2n) is 8.37. The van der Waals surface area contributed by atoms with Crippen molar-refractivity contribution < 1.29 is 14.3 Å². The van der Waals surface area contributed by atoms with Gasteiger partial charge in [-0.2, -0.15) is 0 Å². The Labute approximate surface area is 193 Å². The van der Waals surface area contributed by atoms with Crippen LogP contribution in [0.3, 0.4) is 0 Å². The third-order valence-corrected chi connectivity index (χ3v) is 7.18. The molecular weight excluding hydrogens is 418 g/mol. The molecule has 1 atom stereocenters. The van der Waals surface area contributed by atoms with Crippen LogP contribution in [0.25, 0.3) is 0 Å². The zero-order valence-electron chi connectivity index (χ0n) is 18.6. The Balaban J connectivity index is 1.59. The van der Waals surface area contributed by atoms with Gasteiger partial charge in [-0.25, -0.2) is 4.79 Å². The molecule has 0 aliphatic heterocycles. The largest absolute Gasteiger partial charge is 0.462 e. The van der Waals surface area contributed by atoms with E-state index in [0.29, 0.717) is 28.7 Å². The monoisotopic (exact) mass is 447 g/mol. The lowest BCUT2D eigenvalue weighted by Crippen LogP contribution is -2.17. The molecule has 32 heavy (non-hydrogen) atoms. The van der Waals surface area contributed by atoms with Crippen molar-refractivity contribution in [2.75, 3.05) is 11.9 Å². The molecule has 0 saturated carbocycles. The summed E-state index contributed by atoms with van der Waals surface area (Å²) in [5.74, 6) is 0.0662. The van der Waals surface area contributed by atoms with Gasteiger partial charge in [0.15, 0.2) is 0 Å². The van der Waals surface area contributed by atoms with Gasteiger partial charge < -0.3 is 10.1 Å². The Morgan fingerprint density at radius 1 is 1.06 bits per heavy atom. The highest BCUT2D eigenvalue weighted by atomic mass is 32.1. The third-order valence-electron chi connectivity index (χ3n) is 6.01. The maximum Gasteiger partial charge on any atom is 0.341 e. The van der Waals surface area contributed by atoms with Gasteiger partial charge in [0.25, 0.3) is 5.91 Å². The fourth-order valence-electron chi connectivity index (χ4n) is 4.31. The number of fused-ring (bicyclic) bond motifs is 1. The first-order valence-corrected chi connectivity index (χ1v) is 12.1. The highest BCUT2D eigenvalue weighted by Gasteiger charge is 2.29. The summed E-state index contributed by atoms with van der Waals surface area (Å²) in [6.45, 7) is 4.35. The van der Waals surface area contributed by atoms with Gasteiger partial charge in [0.2, 0.25) is 0 Å². The van der Waals surface area contributed by atoms with Gasteiger partial charge in [-0.3, -0.25) is 4.79 Å². The fraction of sp³-hybridized carbons (Fsp3) is 0.333. The average Bonchev–Trinajstić information content (AvgIpc) is 3.15. The molecule has 1 amide bonds. The number of thiophene rings is 1. The van der Waals surface area contributed by atoms with Crippen LogP contribution in [0.2, 0.25) is 0 Å². The summed E-state index contributed by atoms with van der Waals surface area (Å²) in [7, 11) is 0. The van der Waals surface area contributed by atoms with E-state index < -0.39 is 0 Å². The summed E-state index contributed by atoms with van der Waals surface area (Å²) < 4.78 is 5.33. The van der Waals surface area contributed by atoms with Crippen molar-refractivity contribution >= 4 is 28.2 Å². The van der Waals surface area contributed by atoms with Crippen LogP contribution in [0.1, 0.15) is 62.6 Å². The quantitative estimate of drug-likeness (QED) is 0.446. The van der Waals surface area contributed by atoms with Gasteiger partial charge in [-0.15, -0.1) is 11.3 Å². The number of aryl methyl sites for hydroxylation is 2. The van der Waals surface area contributed by atoms with E-state index in [-0.39, 0.29) is 11.9 Å². The first-order chi connectivity index (χ1) is 15.6. The lowest BCUT2D eigenvalue weighted by Gasteiger charge is -2.18. The molecule has 1 N–H and O–H groups in total. The lowest BCUT2D eigenvalue weighted by atomic mass is 9.88. The number of ether oxygens (including phenoxy) is 1. The van der Waals surface area contributed by atoms with E-state index >= 15 is 0 Å². The van der Waals surface area contributed by atoms with Crippen LogP contribution < -0.4 is 5.32 Å².